The third-order valence-electron chi connectivity index (χ3n) is 5.07. The number of anilines is 1. The molecule has 29 heavy (non-hydrogen) atoms. The van der Waals surface area contributed by atoms with Crippen LogP contribution in [0.5, 0.6) is 5.88 Å². The standard InChI is InChI=1S/C20H27N5O4/c1-14(26)24-20(11-5-3-4-6-12-20)19-23-17(29-25-19)10-9-16(27)22-15-8-7-13-21-18(15)28-2/h7-8,13H,3-6,9-12H2,1-2H3,(H,22,27)(H,24,26). The van der Waals surface area contributed by atoms with Gasteiger partial charge in [-0.15, -0.1) is 0 Å². The van der Waals surface area contributed by atoms with Crippen molar-refractivity contribution in [2.75, 3.05) is 12.4 Å². The van der Waals surface area contributed by atoms with Crippen LogP contribution in [0.1, 0.15) is 63.6 Å². The highest BCUT2D eigenvalue weighted by atomic mass is 16.5. The Bertz CT molecular complexity index is 843. The fourth-order valence-electron chi connectivity index (χ4n) is 3.71. The number of aromatic nitrogens is 3. The Labute approximate surface area is 169 Å². The Balaban J connectivity index is 1.64. The lowest BCUT2D eigenvalue weighted by Gasteiger charge is -2.30. The number of carbonyl (C=O) groups is 2. The first-order chi connectivity index (χ1) is 14.0. The minimum Gasteiger partial charge on any atom is -0.480 e. The average molecular weight is 401 g/mol. The van der Waals surface area contributed by atoms with E-state index in [1.807, 2.05) is 0 Å². The Kier molecular flexibility index (Phi) is 6.79. The maximum atomic E-state index is 12.3. The number of nitrogens with zero attached hydrogens (tertiary/aromatic N) is 3. The molecule has 0 bridgehead atoms. The molecule has 2 aromatic heterocycles. The van der Waals surface area contributed by atoms with E-state index in [-0.39, 0.29) is 18.2 Å². The molecule has 1 aliphatic rings. The Morgan fingerprint density at radius 1 is 1.24 bits per heavy atom. The SMILES string of the molecule is COc1ncccc1NC(=O)CCc1nc(C2(NC(C)=O)CCCCCC2)no1. The largest absolute Gasteiger partial charge is 0.480 e. The lowest BCUT2D eigenvalue weighted by molar-refractivity contribution is -0.121. The Morgan fingerprint density at radius 3 is 2.69 bits per heavy atom. The second-order valence-electron chi connectivity index (χ2n) is 7.30. The molecule has 0 spiro atoms. The van der Waals surface area contributed by atoms with Crippen molar-refractivity contribution in [1.82, 2.24) is 20.4 Å². The van der Waals surface area contributed by atoms with E-state index in [0.717, 1.165) is 38.5 Å². The summed E-state index contributed by atoms with van der Waals surface area (Å²) in [6.07, 6.45) is 7.89. The number of carbonyl (C=O) groups excluding carboxylic acids is 2. The summed E-state index contributed by atoms with van der Waals surface area (Å²) < 4.78 is 10.5. The lowest BCUT2D eigenvalue weighted by Crippen LogP contribution is -2.45. The van der Waals surface area contributed by atoms with E-state index in [1.165, 1.54) is 14.0 Å². The van der Waals surface area contributed by atoms with Crippen LogP contribution in [0.15, 0.2) is 22.9 Å². The number of methoxy groups -OCH3 is 1. The van der Waals surface area contributed by atoms with Crippen LogP contribution in [0.4, 0.5) is 5.69 Å². The molecule has 0 aliphatic heterocycles. The molecular weight excluding hydrogens is 374 g/mol. The van der Waals surface area contributed by atoms with Crippen LogP contribution in [0.2, 0.25) is 0 Å². The van der Waals surface area contributed by atoms with Crippen LogP contribution >= 0.6 is 0 Å². The summed E-state index contributed by atoms with van der Waals surface area (Å²) in [5.41, 5.74) is -0.0793. The molecular formula is C20H27N5O4. The molecule has 2 amide bonds. The van der Waals surface area contributed by atoms with E-state index in [2.05, 4.69) is 25.8 Å². The summed E-state index contributed by atoms with van der Waals surface area (Å²) >= 11 is 0. The fourth-order valence-corrected chi connectivity index (χ4v) is 3.71. The molecule has 156 valence electrons. The van der Waals surface area contributed by atoms with Gasteiger partial charge in [0, 0.05) is 26.0 Å². The number of rotatable bonds is 7. The van der Waals surface area contributed by atoms with Crippen molar-refractivity contribution >= 4 is 17.5 Å². The van der Waals surface area contributed by atoms with Gasteiger partial charge in [-0.1, -0.05) is 30.8 Å². The van der Waals surface area contributed by atoms with Gasteiger partial charge in [-0.3, -0.25) is 9.59 Å². The minimum atomic E-state index is -0.588. The van der Waals surface area contributed by atoms with Crippen molar-refractivity contribution in [2.45, 2.75) is 63.8 Å². The zero-order valence-corrected chi connectivity index (χ0v) is 16.9. The molecule has 9 nitrogen and oxygen atoms in total. The zero-order valence-electron chi connectivity index (χ0n) is 16.9. The number of amides is 2. The lowest BCUT2D eigenvalue weighted by atomic mass is 9.89. The van der Waals surface area contributed by atoms with Gasteiger partial charge in [-0.25, -0.2) is 4.98 Å². The van der Waals surface area contributed by atoms with Crippen LogP contribution in [-0.4, -0.2) is 34.0 Å². The van der Waals surface area contributed by atoms with E-state index in [9.17, 15) is 9.59 Å². The molecule has 9 heteroatoms. The van der Waals surface area contributed by atoms with Crippen LogP contribution in [0, 0.1) is 0 Å². The maximum Gasteiger partial charge on any atom is 0.237 e. The third kappa shape index (κ3) is 5.30. The first-order valence-corrected chi connectivity index (χ1v) is 9.93. The molecule has 0 unspecified atom stereocenters. The smallest absolute Gasteiger partial charge is 0.237 e. The summed E-state index contributed by atoms with van der Waals surface area (Å²) in [7, 11) is 1.50. The van der Waals surface area contributed by atoms with Gasteiger partial charge in [0.2, 0.25) is 23.6 Å². The minimum absolute atomic E-state index is 0.108. The van der Waals surface area contributed by atoms with Crippen molar-refractivity contribution < 1.29 is 18.8 Å². The van der Waals surface area contributed by atoms with Gasteiger partial charge in [-0.05, 0) is 25.0 Å². The van der Waals surface area contributed by atoms with E-state index >= 15 is 0 Å². The highest BCUT2D eigenvalue weighted by Crippen LogP contribution is 2.34. The van der Waals surface area contributed by atoms with Crippen LogP contribution in [-0.2, 0) is 21.5 Å². The van der Waals surface area contributed by atoms with Gasteiger partial charge in [0.15, 0.2) is 5.82 Å². The third-order valence-corrected chi connectivity index (χ3v) is 5.07. The maximum absolute atomic E-state index is 12.3. The van der Waals surface area contributed by atoms with Gasteiger partial charge in [-0.2, -0.15) is 4.98 Å². The Hall–Kier alpha value is -2.97. The zero-order chi connectivity index (χ0) is 20.7. The molecule has 0 atom stereocenters. The molecule has 1 aliphatic carbocycles. The summed E-state index contributed by atoms with van der Waals surface area (Å²) in [4.78, 5) is 32.6. The molecule has 0 aromatic carbocycles. The molecule has 2 N–H and O–H groups in total. The van der Waals surface area contributed by atoms with Gasteiger partial charge < -0.3 is 19.9 Å². The predicted octanol–water partition coefficient (Wildman–Crippen LogP) is 2.73. The number of pyridine rings is 1. The number of aryl methyl sites for hydroxylation is 1. The van der Waals surface area contributed by atoms with Gasteiger partial charge >= 0.3 is 0 Å². The molecule has 2 aromatic rings. The van der Waals surface area contributed by atoms with E-state index in [1.54, 1.807) is 18.3 Å². The number of hydrogen-bond donors (Lipinski definition) is 2. The second kappa shape index (κ2) is 9.49. The fraction of sp³-hybridized carbons (Fsp3) is 0.550. The molecule has 1 saturated carbocycles. The van der Waals surface area contributed by atoms with Crippen molar-refractivity contribution in [1.29, 1.82) is 0 Å². The summed E-state index contributed by atoms with van der Waals surface area (Å²) in [5, 5.41) is 9.95. The van der Waals surface area contributed by atoms with Gasteiger partial charge in [0.1, 0.15) is 11.2 Å². The monoisotopic (exact) mass is 401 g/mol. The quantitative estimate of drug-likeness (QED) is 0.685. The van der Waals surface area contributed by atoms with Crippen LogP contribution in [0.3, 0.4) is 0 Å². The summed E-state index contributed by atoms with van der Waals surface area (Å²) in [5.74, 6) is 0.915. The van der Waals surface area contributed by atoms with Crippen molar-refractivity contribution in [3.05, 3.63) is 30.0 Å². The molecule has 2 heterocycles. The van der Waals surface area contributed by atoms with Crippen LogP contribution in [0.25, 0.3) is 0 Å². The number of nitrogens with one attached hydrogen (secondary N) is 2. The predicted molar refractivity (Wildman–Crippen MR) is 105 cm³/mol. The van der Waals surface area contributed by atoms with Crippen LogP contribution < -0.4 is 15.4 Å². The van der Waals surface area contributed by atoms with Gasteiger partial charge in [0.25, 0.3) is 0 Å². The molecule has 0 saturated heterocycles. The van der Waals surface area contributed by atoms with E-state index in [4.69, 9.17) is 9.26 Å². The van der Waals surface area contributed by atoms with Gasteiger partial charge in [0.05, 0.1) is 7.11 Å². The molecule has 1 fully saturated rings. The molecule has 0 radical (unpaired) electrons. The average Bonchev–Trinajstić information content (AvgIpc) is 3.07. The summed E-state index contributed by atoms with van der Waals surface area (Å²) in [6, 6.07) is 3.44. The highest BCUT2D eigenvalue weighted by molar-refractivity contribution is 5.91. The first kappa shape index (κ1) is 20.8. The van der Waals surface area contributed by atoms with E-state index in [0.29, 0.717) is 29.7 Å². The first-order valence-electron chi connectivity index (χ1n) is 9.93. The number of ether oxygens (including phenoxy) is 1. The summed E-state index contributed by atoms with van der Waals surface area (Å²) in [6.45, 7) is 1.50. The Morgan fingerprint density at radius 2 is 2.00 bits per heavy atom. The number of hydrogen-bond acceptors (Lipinski definition) is 7. The van der Waals surface area contributed by atoms with E-state index < -0.39 is 5.54 Å². The molecule has 3 rings (SSSR count). The normalized spacial score (nSPS) is 15.9. The second-order valence-corrected chi connectivity index (χ2v) is 7.30. The highest BCUT2D eigenvalue weighted by Gasteiger charge is 2.38. The van der Waals surface area contributed by atoms with Crippen molar-refractivity contribution in [3.8, 4) is 5.88 Å². The van der Waals surface area contributed by atoms with Crippen molar-refractivity contribution in [2.24, 2.45) is 0 Å². The van der Waals surface area contributed by atoms with Crippen molar-refractivity contribution in [3.63, 3.8) is 0 Å². The topological polar surface area (TPSA) is 119 Å².